The molecule has 0 aliphatic heterocycles. The Balaban J connectivity index is 1.52. The number of nitrogens with zero attached hydrogens (tertiary/aromatic N) is 4. The van der Waals surface area contributed by atoms with E-state index >= 15 is 0 Å². The number of carbonyl (C=O) groups is 1. The van der Waals surface area contributed by atoms with Crippen LogP contribution >= 0.6 is 11.3 Å². The molecule has 2 heterocycles. The van der Waals surface area contributed by atoms with Crippen LogP contribution < -0.4 is 10.5 Å². The average Bonchev–Trinajstić information content (AvgIpc) is 3.29. The smallest absolute Gasteiger partial charge is 0.267 e. The molecule has 35 heavy (non-hydrogen) atoms. The van der Waals surface area contributed by atoms with E-state index < -0.39 is 0 Å². The zero-order valence-corrected chi connectivity index (χ0v) is 20.3. The molecule has 0 aliphatic carbocycles. The Labute approximate surface area is 207 Å². The summed E-state index contributed by atoms with van der Waals surface area (Å²) in [6.45, 7) is 4.25. The second-order valence-corrected chi connectivity index (χ2v) is 9.48. The Morgan fingerprint density at radius 3 is 2.40 bits per heavy atom. The number of fused-ring (bicyclic) bond motifs is 1. The van der Waals surface area contributed by atoms with Gasteiger partial charge in [0.2, 0.25) is 0 Å². The summed E-state index contributed by atoms with van der Waals surface area (Å²) in [6.07, 6.45) is 0. The Hall–Kier alpha value is -4.10. The number of hydrogen-bond donors (Lipinski definition) is 0. The Kier molecular flexibility index (Phi) is 6.25. The first-order chi connectivity index (χ1) is 17.0. The molecule has 0 atom stereocenters. The van der Waals surface area contributed by atoms with Crippen molar-refractivity contribution in [1.29, 1.82) is 0 Å². The van der Waals surface area contributed by atoms with Crippen molar-refractivity contribution in [2.24, 2.45) is 0 Å². The summed E-state index contributed by atoms with van der Waals surface area (Å²) in [6, 6.07) is 26.7. The van der Waals surface area contributed by atoms with Gasteiger partial charge in [-0.1, -0.05) is 78.1 Å². The van der Waals surface area contributed by atoms with Gasteiger partial charge < -0.3 is 0 Å². The van der Waals surface area contributed by atoms with Gasteiger partial charge in [0, 0.05) is 11.6 Å². The number of aryl methyl sites for hydroxylation is 2. The molecular weight excluding hydrogens is 456 g/mol. The lowest BCUT2D eigenvalue weighted by Gasteiger charge is -2.20. The van der Waals surface area contributed by atoms with Gasteiger partial charge in [-0.3, -0.25) is 14.5 Å². The van der Waals surface area contributed by atoms with Gasteiger partial charge in [0.05, 0.1) is 22.5 Å². The summed E-state index contributed by atoms with van der Waals surface area (Å²) in [4.78, 5) is 32.7. The molecule has 0 aliphatic rings. The first-order valence-corrected chi connectivity index (χ1v) is 12.2. The van der Waals surface area contributed by atoms with Gasteiger partial charge in [0.15, 0.2) is 5.13 Å². The van der Waals surface area contributed by atoms with E-state index in [1.54, 1.807) is 11.0 Å². The van der Waals surface area contributed by atoms with E-state index in [9.17, 15) is 9.59 Å². The summed E-state index contributed by atoms with van der Waals surface area (Å²) >= 11 is 1.48. The molecule has 5 rings (SSSR count). The lowest BCUT2D eigenvalue weighted by Crippen LogP contribution is -2.37. The number of hydrogen-bond acceptors (Lipinski definition) is 5. The van der Waals surface area contributed by atoms with Crippen LogP contribution in [0.2, 0.25) is 0 Å². The fraction of sp³-hybridized carbons (Fsp3) is 0.143. The molecular formula is C28H24N4O2S. The molecule has 0 spiro atoms. The zero-order valence-electron chi connectivity index (χ0n) is 19.5. The SMILES string of the molecule is Cc1cc(C)c2nc(N(Cc3ccccc3)C(=O)Cn3nc(-c4ccccc4)ccc3=O)sc2c1. The maximum atomic E-state index is 13.6. The number of carbonyl (C=O) groups excluding carboxylic acids is 1. The first-order valence-electron chi connectivity index (χ1n) is 11.3. The molecule has 0 fully saturated rings. The molecule has 5 aromatic rings. The van der Waals surface area contributed by atoms with Crippen LogP contribution in [0, 0.1) is 13.8 Å². The van der Waals surface area contributed by atoms with Crippen molar-refractivity contribution in [1.82, 2.24) is 14.8 Å². The van der Waals surface area contributed by atoms with E-state index in [4.69, 9.17) is 4.98 Å². The zero-order chi connectivity index (χ0) is 24.4. The number of anilines is 1. The van der Waals surface area contributed by atoms with Gasteiger partial charge in [-0.25, -0.2) is 9.67 Å². The van der Waals surface area contributed by atoms with Crippen molar-refractivity contribution < 1.29 is 4.79 Å². The minimum Gasteiger partial charge on any atom is -0.282 e. The highest BCUT2D eigenvalue weighted by Crippen LogP contribution is 2.32. The summed E-state index contributed by atoms with van der Waals surface area (Å²) in [5, 5.41) is 5.08. The number of aromatic nitrogens is 3. The number of benzene rings is 3. The third kappa shape index (κ3) is 4.90. The Bertz CT molecular complexity index is 1560. The predicted octanol–water partition coefficient (Wildman–Crippen LogP) is 5.37. The normalized spacial score (nSPS) is 11.0. The monoisotopic (exact) mass is 480 g/mol. The maximum Gasteiger partial charge on any atom is 0.267 e. The summed E-state index contributed by atoms with van der Waals surface area (Å²) in [5.41, 5.74) is 5.29. The highest BCUT2D eigenvalue weighted by molar-refractivity contribution is 7.22. The molecule has 1 amide bonds. The summed E-state index contributed by atoms with van der Waals surface area (Å²) in [7, 11) is 0. The van der Waals surface area contributed by atoms with Crippen molar-refractivity contribution in [3.8, 4) is 11.3 Å². The lowest BCUT2D eigenvalue weighted by atomic mass is 10.1. The van der Waals surface area contributed by atoms with Crippen LogP contribution in [0.4, 0.5) is 5.13 Å². The van der Waals surface area contributed by atoms with Crippen LogP contribution in [0.5, 0.6) is 0 Å². The minimum absolute atomic E-state index is 0.180. The second kappa shape index (κ2) is 9.64. The topological polar surface area (TPSA) is 68.1 Å². The van der Waals surface area contributed by atoms with Crippen molar-refractivity contribution in [2.75, 3.05) is 4.90 Å². The fourth-order valence-corrected chi connectivity index (χ4v) is 5.20. The third-order valence-corrected chi connectivity index (χ3v) is 6.78. The van der Waals surface area contributed by atoms with E-state index in [-0.39, 0.29) is 18.0 Å². The minimum atomic E-state index is -0.325. The van der Waals surface area contributed by atoms with Crippen LogP contribution in [-0.2, 0) is 17.9 Å². The van der Waals surface area contributed by atoms with Crippen LogP contribution in [0.1, 0.15) is 16.7 Å². The summed E-state index contributed by atoms with van der Waals surface area (Å²) in [5.74, 6) is -0.248. The molecule has 0 radical (unpaired) electrons. The number of rotatable bonds is 6. The first kappa shape index (κ1) is 22.7. The molecule has 0 bridgehead atoms. The van der Waals surface area contributed by atoms with Gasteiger partial charge in [0.1, 0.15) is 6.54 Å². The van der Waals surface area contributed by atoms with E-state index in [0.717, 1.165) is 32.5 Å². The molecule has 7 heteroatoms. The van der Waals surface area contributed by atoms with E-state index in [2.05, 4.69) is 24.2 Å². The second-order valence-electron chi connectivity index (χ2n) is 8.47. The lowest BCUT2D eigenvalue weighted by molar-refractivity contribution is -0.119. The predicted molar refractivity (Wildman–Crippen MR) is 141 cm³/mol. The number of amides is 1. The van der Waals surface area contributed by atoms with Gasteiger partial charge in [0.25, 0.3) is 11.5 Å². The molecule has 6 nitrogen and oxygen atoms in total. The Morgan fingerprint density at radius 1 is 0.943 bits per heavy atom. The average molecular weight is 481 g/mol. The van der Waals surface area contributed by atoms with Crippen LogP contribution in [0.25, 0.3) is 21.5 Å². The van der Waals surface area contributed by atoms with Crippen molar-refractivity contribution >= 4 is 32.6 Å². The van der Waals surface area contributed by atoms with Gasteiger partial charge in [-0.15, -0.1) is 0 Å². The van der Waals surface area contributed by atoms with Gasteiger partial charge in [-0.05, 0) is 42.7 Å². The molecule has 0 saturated carbocycles. The standard InChI is InChI=1S/C28H24N4O2S/c1-19-15-20(2)27-24(16-19)35-28(29-27)31(17-21-9-5-3-6-10-21)26(34)18-32-25(33)14-13-23(30-32)22-11-7-4-8-12-22/h3-16H,17-18H2,1-2H3. The summed E-state index contributed by atoms with van der Waals surface area (Å²) < 4.78 is 2.26. The fourth-order valence-electron chi connectivity index (χ4n) is 4.04. The van der Waals surface area contributed by atoms with Crippen molar-refractivity contribution in [3.63, 3.8) is 0 Å². The molecule has 174 valence electrons. The largest absolute Gasteiger partial charge is 0.282 e. The van der Waals surface area contributed by atoms with Gasteiger partial charge >= 0.3 is 0 Å². The number of thiazole rings is 1. The van der Waals surface area contributed by atoms with E-state index in [1.165, 1.54) is 22.1 Å². The maximum absolute atomic E-state index is 13.6. The highest BCUT2D eigenvalue weighted by atomic mass is 32.1. The van der Waals surface area contributed by atoms with Crippen LogP contribution in [0.3, 0.4) is 0 Å². The van der Waals surface area contributed by atoms with Crippen LogP contribution in [-0.4, -0.2) is 20.7 Å². The van der Waals surface area contributed by atoms with Crippen molar-refractivity contribution in [3.05, 3.63) is 112 Å². The molecule has 0 unspecified atom stereocenters. The molecule has 3 aromatic carbocycles. The van der Waals surface area contributed by atoms with E-state index in [1.807, 2.05) is 67.6 Å². The third-order valence-electron chi connectivity index (χ3n) is 5.76. The molecule has 0 N–H and O–H groups in total. The quantitative estimate of drug-likeness (QED) is 0.328. The highest BCUT2D eigenvalue weighted by Gasteiger charge is 2.22. The van der Waals surface area contributed by atoms with Crippen LogP contribution in [0.15, 0.2) is 89.7 Å². The van der Waals surface area contributed by atoms with Gasteiger partial charge in [-0.2, -0.15) is 5.10 Å². The van der Waals surface area contributed by atoms with Crippen molar-refractivity contribution in [2.45, 2.75) is 26.9 Å². The molecule has 2 aromatic heterocycles. The molecule has 0 saturated heterocycles. The van der Waals surface area contributed by atoms with E-state index in [0.29, 0.717) is 17.4 Å². The Morgan fingerprint density at radius 2 is 1.66 bits per heavy atom.